The molecule has 1 heterocycles. The van der Waals surface area contributed by atoms with Crippen molar-refractivity contribution >= 4 is 11.3 Å². The molecule has 0 aliphatic rings. The first-order chi connectivity index (χ1) is 14.9. The molecule has 0 unspecified atom stereocenters. The van der Waals surface area contributed by atoms with Crippen molar-refractivity contribution in [3.05, 3.63) is 88.6 Å². The Hall–Kier alpha value is -2.80. The maximum absolute atomic E-state index is 6.07. The van der Waals surface area contributed by atoms with E-state index in [1.807, 2.05) is 18.2 Å². The number of rotatable bonds is 8. The number of allylic oxidation sites excluding steroid dienone is 1. The normalized spacial score (nSPS) is 11.5. The van der Waals surface area contributed by atoms with E-state index in [4.69, 9.17) is 4.74 Å². The average molecular weight is 430 g/mol. The smallest absolute Gasteiger partial charge is 0.120 e. The summed E-state index contributed by atoms with van der Waals surface area (Å²) >= 11 is 1.71. The first kappa shape index (κ1) is 22.9. The molecule has 0 aliphatic carbocycles. The van der Waals surface area contributed by atoms with Gasteiger partial charge in [0.15, 0.2) is 0 Å². The second kappa shape index (κ2) is 11.0. The highest BCUT2D eigenvalue weighted by molar-refractivity contribution is 7.08. The summed E-state index contributed by atoms with van der Waals surface area (Å²) in [6, 6.07) is 19.0. The second-order valence-electron chi connectivity index (χ2n) is 8.77. The minimum atomic E-state index is 0.0456. The maximum Gasteiger partial charge on any atom is 0.120 e. The van der Waals surface area contributed by atoms with Crippen molar-refractivity contribution in [3.8, 4) is 28.7 Å². The fourth-order valence-corrected chi connectivity index (χ4v) is 3.77. The summed E-state index contributed by atoms with van der Waals surface area (Å²) in [6.45, 7) is 8.69. The topological polar surface area (TPSA) is 12.5 Å². The first-order valence-electron chi connectivity index (χ1n) is 10.6. The maximum atomic E-state index is 6.07. The lowest BCUT2D eigenvalue weighted by atomic mass is 9.98. The Labute approximate surface area is 191 Å². The number of benzene rings is 2. The summed E-state index contributed by atoms with van der Waals surface area (Å²) in [6.07, 6.45) is 4.07. The van der Waals surface area contributed by atoms with E-state index in [1.165, 1.54) is 22.3 Å². The number of hydrogen-bond acceptors (Lipinski definition) is 3. The molecule has 2 aromatic carbocycles. The van der Waals surface area contributed by atoms with Crippen molar-refractivity contribution in [2.24, 2.45) is 5.41 Å². The minimum Gasteiger partial charge on any atom is -0.489 e. The molecule has 3 rings (SSSR count). The molecule has 0 bridgehead atoms. The molecule has 160 valence electrons. The number of thiophene rings is 1. The van der Waals surface area contributed by atoms with Crippen molar-refractivity contribution < 1.29 is 4.74 Å². The van der Waals surface area contributed by atoms with Crippen LogP contribution < -0.4 is 4.74 Å². The van der Waals surface area contributed by atoms with Crippen LogP contribution in [0.25, 0.3) is 11.1 Å². The summed E-state index contributed by atoms with van der Waals surface area (Å²) in [5.41, 5.74) is 4.93. The fourth-order valence-electron chi connectivity index (χ4n) is 3.10. The van der Waals surface area contributed by atoms with Gasteiger partial charge >= 0.3 is 0 Å². The summed E-state index contributed by atoms with van der Waals surface area (Å²) in [4.78, 5) is 2.28. The third kappa shape index (κ3) is 8.09. The number of likely N-dealkylation sites (N-methyl/N-ethyl adjacent to an activating group) is 1. The van der Waals surface area contributed by atoms with Crippen molar-refractivity contribution in [2.75, 3.05) is 13.6 Å². The van der Waals surface area contributed by atoms with Gasteiger partial charge in [0, 0.05) is 18.5 Å². The molecule has 2 nitrogen and oxygen atoms in total. The molecule has 31 heavy (non-hydrogen) atoms. The Kier molecular flexibility index (Phi) is 8.12. The van der Waals surface area contributed by atoms with Crippen LogP contribution >= 0.6 is 11.3 Å². The Balaban J connectivity index is 1.53. The molecule has 0 aliphatic heterocycles. The van der Waals surface area contributed by atoms with Gasteiger partial charge in [0.2, 0.25) is 0 Å². The van der Waals surface area contributed by atoms with Gasteiger partial charge in [-0.3, -0.25) is 4.90 Å². The lowest BCUT2D eigenvalue weighted by Crippen LogP contribution is -2.17. The van der Waals surface area contributed by atoms with Gasteiger partial charge in [0.25, 0.3) is 0 Å². The van der Waals surface area contributed by atoms with E-state index in [0.29, 0.717) is 6.61 Å². The molecule has 0 fully saturated rings. The standard InChI is InChI=1S/C28H31NOS/c1-28(2,3)15-6-5-7-16-29(4)20-23-10-8-11-24(18-23)21-30-27-13-9-12-25(19-27)26-14-17-31-22-26/h5,7-14,17-19,22H,16,20-21H2,1-4H3. The van der Waals surface area contributed by atoms with E-state index in [-0.39, 0.29) is 5.41 Å². The molecule has 3 heteroatoms. The summed E-state index contributed by atoms with van der Waals surface area (Å²) in [7, 11) is 2.13. The Bertz CT molecular complexity index is 1050. The van der Waals surface area contributed by atoms with Gasteiger partial charge in [-0.2, -0.15) is 11.3 Å². The minimum absolute atomic E-state index is 0.0456. The van der Waals surface area contributed by atoms with Gasteiger partial charge < -0.3 is 4.74 Å². The average Bonchev–Trinajstić information content (AvgIpc) is 3.27. The summed E-state index contributed by atoms with van der Waals surface area (Å²) in [5, 5.41) is 4.26. The number of nitrogens with zero attached hydrogens (tertiary/aromatic N) is 1. The molecule has 0 spiro atoms. The van der Waals surface area contributed by atoms with Crippen molar-refractivity contribution in [2.45, 2.75) is 33.9 Å². The zero-order valence-corrected chi connectivity index (χ0v) is 19.7. The monoisotopic (exact) mass is 429 g/mol. The summed E-state index contributed by atoms with van der Waals surface area (Å²) < 4.78 is 6.07. The SMILES string of the molecule is CN(CC=CC#CC(C)(C)C)Cc1cccc(COc2cccc(-c3ccsc3)c2)c1. The first-order valence-corrected chi connectivity index (χ1v) is 11.5. The van der Waals surface area contributed by atoms with Crippen LogP contribution in [-0.4, -0.2) is 18.5 Å². The van der Waals surface area contributed by atoms with Gasteiger partial charge in [-0.25, -0.2) is 0 Å². The van der Waals surface area contributed by atoms with Gasteiger partial charge in [-0.05, 0) is 85.1 Å². The van der Waals surface area contributed by atoms with E-state index in [1.54, 1.807) is 11.3 Å². The highest BCUT2D eigenvalue weighted by Gasteiger charge is 2.04. The lowest BCUT2D eigenvalue weighted by molar-refractivity contribution is 0.305. The van der Waals surface area contributed by atoms with Crippen molar-refractivity contribution in [3.63, 3.8) is 0 Å². The van der Waals surface area contributed by atoms with E-state index in [9.17, 15) is 0 Å². The molecule has 0 atom stereocenters. The molecule has 0 amide bonds. The molecular weight excluding hydrogens is 398 g/mol. The Morgan fingerprint density at radius 1 is 1.00 bits per heavy atom. The van der Waals surface area contributed by atoms with Crippen LogP contribution in [0.2, 0.25) is 0 Å². The zero-order chi connectivity index (χ0) is 22.1. The van der Waals surface area contributed by atoms with Crippen LogP contribution in [0.15, 0.2) is 77.5 Å². The van der Waals surface area contributed by atoms with Crippen LogP contribution in [0, 0.1) is 17.3 Å². The highest BCUT2D eigenvalue weighted by atomic mass is 32.1. The number of hydrogen-bond donors (Lipinski definition) is 0. The van der Waals surface area contributed by atoms with Crippen LogP contribution in [0.4, 0.5) is 0 Å². The predicted octanol–water partition coefficient (Wildman–Crippen LogP) is 7.03. The van der Waals surface area contributed by atoms with Crippen molar-refractivity contribution in [1.29, 1.82) is 0 Å². The van der Waals surface area contributed by atoms with E-state index in [2.05, 4.69) is 104 Å². The van der Waals surface area contributed by atoms with E-state index < -0.39 is 0 Å². The fraction of sp³-hybridized carbons (Fsp3) is 0.286. The molecule has 0 saturated carbocycles. The second-order valence-corrected chi connectivity index (χ2v) is 9.55. The largest absolute Gasteiger partial charge is 0.489 e. The molecule has 3 aromatic rings. The van der Waals surface area contributed by atoms with Gasteiger partial charge in [0.05, 0.1) is 0 Å². The van der Waals surface area contributed by atoms with Gasteiger partial charge in [-0.1, -0.05) is 54.3 Å². The quantitative estimate of drug-likeness (QED) is 0.356. The van der Waals surface area contributed by atoms with Crippen LogP contribution in [-0.2, 0) is 13.2 Å². The molecule has 0 N–H and O–H groups in total. The van der Waals surface area contributed by atoms with Crippen LogP contribution in [0.5, 0.6) is 5.75 Å². The Morgan fingerprint density at radius 2 is 1.81 bits per heavy atom. The van der Waals surface area contributed by atoms with Crippen molar-refractivity contribution in [1.82, 2.24) is 4.90 Å². The lowest BCUT2D eigenvalue weighted by Gasteiger charge is -2.15. The molecule has 1 aromatic heterocycles. The zero-order valence-electron chi connectivity index (χ0n) is 18.9. The van der Waals surface area contributed by atoms with E-state index in [0.717, 1.165) is 18.8 Å². The third-order valence-corrected chi connectivity index (χ3v) is 5.29. The molecular formula is C28H31NOS. The van der Waals surface area contributed by atoms with Crippen LogP contribution in [0.3, 0.4) is 0 Å². The molecule has 0 saturated heterocycles. The number of ether oxygens (including phenoxy) is 1. The molecule has 0 radical (unpaired) electrons. The summed E-state index contributed by atoms with van der Waals surface area (Å²) in [5.74, 6) is 7.24. The Morgan fingerprint density at radius 3 is 2.58 bits per heavy atom. The van der Waals surface area contributed by atoms with E-state index >= 15 is 0 Å². The van der Waals surface area contributed by atoms with Gasteiger partial charge in [0.1, 0.15) is 12.4 Å². The highest BCUT2D eigenvalue weighted by Crippen LogP contribution is 2.26. The predicted molar refractivity (Wildman–Crippen MR) is 133 cm³/mol. The van der Waals surface area contributed by atoms with Crippen LogP contribution in [0.1, 0.15) is 31.9 Å². The third-order valence-electron chi connectivity index (χ3n) is 4.60. The van der Waals surface area contributed by atoms with Gasteiger partial charge in [-0.15, -0.1) is 0 Å².